The Kier molecular flexibility index (Phi) is 5.63. The lowest BCUT2D eigenvalue weighted by molar-refractivity contribution is -0.121. The van der Waals surface area contributed by atoms with Crippen molar-refractivity contribution in [2.75, 3.05) is 6.54 Å². The maximum absolute atomic E-state index is 13.3. The van der Waals surface area contributed by atoms with Gasteiger partial charge in [-0.2, -0.15) is 0 Å². The van der Waals surface area contributed by atoms with E-state index >= 15 is 0 Å². The van der Waals surface area contributed by atoms with E-state index in [0.29, 0.717) is 18.5 Å². The van der Waals surface area contributed by atoms with Gasteiger partial charge < -0.3 is 15.4 Å². The molecule has 1 saturated heterocycles. The second kappa shape index (κ2) is 7.96. The SMILES string of the molecule is C[C@@H](c1ccc(F)cc1)N1CCC(CCC(N)=O)(c2ccc(F)cc2)OC1=O. The topological polar surface area (TPSA) is 72.6 Å². The number of hydrogen-bond acceptors (Lipinski definition) is 3. The number of primary amides is 1. The first-order valence-corrected chi connectivity index (χ1v) is 9.10. The van der Waals surface area contributed by atoms with Crippen LogP contribution in [0.1, 0.15) is 43.4 Å². The number of carbonyl (C=O) groups excluding carboxylic acids is 2. The van der Waals surface area contributed by atoms with Crippen molar-refractivity contribution >= 4 is 12.0 Å². The maximum Gasteiger partial charge on any atom is 0.411 e. The fourth-order valence-electron chi connectivity index (χ4n) is 3.54. The van der Waals surface area contributed by atoms with Crippen LogP contribution in [-0.4, -0.2) is 23.4 Å². The summed E-state index contributed by atoms with van der Waals surface area (Å²) in [4.78, 5) is 25.7. The number of nitrogens with zero attached hydrogens (tertiary/aromatic N) is 1. The number of ether oxygens (including phenoxy) is 1. The van der Waals surface area contributed by atoms with E-state index in [1.165, 1.54) is 24.3 Å². The predicted octanol–water partition coefficient (Wildman–Crippen LogP) is 4.03. The first-order chi connectivity index (χ1) is 13.3. The Morgan fingerprint density at radius 1 is 1.14 bits per heavy atom. The molecule has 0 radical (unpaired) electrons. The Balaban J connectivity index is 1.83. The molecule has 1 heterocycles. The number of nitrogens with two attached hydrogens (primary N) is 1. The Hall–Kier alpha value is -2.96. The quantitative estimate of drug-likeness (QED) is 0.812. The largest absolute Gasteiger partial charge is 0.438 e. The van der Waals surface area contributed by atoms with Gasteiger partial charge in [-0.05, 0) is 42.3 Å². The van der Waals surface area contributed by atoms with Crippen molar-refractivity contribution in [1.29, 1.82) is 0 Å². The first-order valence-electron chi connectivity index (χ1n) is 9.10. The van der Waals surface area contributed by atoms with Crippen molar-refractivity contribution < 1.29 is 23.1 Å². The Labute approximate surface area is 162 Å². The molecule has 7 heteroatoms. The second-order valence-corrected chi connectivity index (χ2v) is 7.01. The lowest BCUT2D eigenvalue weighted by Gasteiger charge is -2.43. The molecule has 2 atom stereocenters. The average molecular weight is 388 g/mol. The normalized spacial score (nSPS) is 20.5. The Morgan fingerprint density at radius 3 is 2.25 bits per heavy atom. The minimum atomic E-state index is -1.04. The first kappa shape index (κ1) is 19.8. The molecule has 5 nitrogen and oxygen atoms in total. The summed E-state index contributed by atoms with van der Waals surface area (Å²) in [5.41, 5.74) is 5.65. The number of cyclic esters (lactones) is 1. The van der Waals surface area contributed by atoms with Crippen molar-refractivity contribution in [3.8, 4) is 0 Å². The molecule has 3 rings (SSSR count). The van der Waals surface area contributed by atoms with E-state index in [1.54, 1.807) is 29.2 Å². The van der Waals surface area contributed by atoms with Gasteiger partial charge in [-0.15, -0.1) is 0 Å². The summed E-state index contributed by atoms with van der Waals surface area (Å²) < 4.78 is 32.3. The molecule has 0 aliphatic carbocycles. The van der Waals surface area contributed by atoms with Crippen LogP contribution < -0.4 is 5.73 Å². The Morgan fingerprint density at radius 2 is 1.71 bits per heavy atom. The van der Waals surface area contributed by atoms with E-state index in [9.17, 15) is 18.4 Å². The van der Waals surface area contributed by atoms with Gasteiger partial charge in [0.2, 0.25) is 5.91 Å². The summed E-state index contributed by atoms with van der Waals surface area (Å²) in [6.45, 7) is 2.20. The smallest absolute Gasteiger partial charge is 0.411 e. The third-order valence-corrected chi connectivity index (χ3v) is 5.24. The average Bonchev–Trinajstić information content (AvgIpc) is 2.67. The molecule has 0 spiro atoms. The highest BCUT2D eigenvalue weighted by molar-refractivity contribution is 5.74. The molecule has 2 N–H and O–H groups in total. The predicted molar refractivity (Wildman–Crippen MR) is 99.1 cm³/mol. The van der Waals surface area contributed by atoms with Crippen LogP contribution in [0.4, 0.5) is 13.6 Å². The van der Waals surface area contributed by atoms with Gasteiger partial charge >= 0.3 is 6.09 Å². The van der Waals surface area contributed by atoms with E-state index in [1.807, 2.05) is 6.92 Å². The zero-order chi connectivity index (χ0) is 20.3. The molecule has 0 aromatic heterocycles. The zero-order valence-corrected chi connectivity index (χ0v) is 15.5. The van der Waals surface area contributed by atoms with E-state index in [4.69, 9.17) is 10.5 Å². The van der Waals surface area contributed by atoms with Crippen LogP contribution in [-0.2, 0) is 15.1 Å². The van der Waals surface area contributed by atoms with Gasteiger partial charge in [0.05, 0.1) is 6.04 Å². The molecular formula is C21H22F2N2O3. The summed E-state index contributed by atoms with van der Waals surface area (Å²) in [5, 5.41) is 0. The molecule has 2 aromatic carbocycles. The Bertz CT molecular complexity index is 855. The standard InChI is InChI=1S/C21H22F2N2O3/c1-14(15-2-6-17(22)7-3-15)25-13-12-21(28-20(25)27,11-10-19(24)26)16-4-8-18(23)9-5-16/h2-9,14H,10-13H2,1H3,(H2,24,26)/t14-,21?/m0/s1. The van der Waals surface area contributed by atoms with Crippen LogP contribution in [0, 0.1) is 11.6 Å². The lowest BCUT2D eigenvalue weighted by Crippen LogP contribution is -2.49. The van der Waals surface area contributed by atoms with E-state index < -0.39 is 23.4 Å². The van der Waals surface area contributed by atoms with Crippen molar-refractivity contribution in [1.82, 2.24) is 4.90 Å². The molecule has 1 unspecified atom stereocenters. The summed E-state index contributed by atoms with van der Waals surface area (Å²) in [6.07, 6.45) is 0.136. The van der Waals surface area contributed by atoms with Crippen LogP contribution >= 0.6 is 0 Å². The fraction of sp³-hybridized carbons (Fsp3) is 0.333. The highest BCUT2D eigenvalue weighted by Crippen LogP contribution is 2.40. The van der Waals surface area contributed by atoms with E-state index in [0.717, 1.165) is 5.56 Å². The molecular weight excluding hydrogens is 366 g/mol. The molecule has 1 aliphatic heterocycles. The van der Waals surface area contributed by atoms with Gasteiger partial charge in [0.25, 0.3) is 0 Å². The molecule has 1 aliphatic rings. The number of carbonyl (C=O) groups is 2. The monoisotopic (exact) mass is 388 g/mol. The van der Waals surface area contributed by atoms with Crippen LogP contribution in [0.5, 0.6) is 0 Å². The van der Waals surface area contributed by atoms with Crippen LogP contribution in [0.2, 0.25) is 0 Å². The van der Waals surface area contributed by atoms with Crippen LogP contribution in [0.3, 0.4) is 0 Å². The molecule has 0 saturated carbocycles. The van der Waals surface area contributed by atoms with E-state index in [2.05, 4.69) is 0 Å². The molecule has 1 fully saturated rings. The maximum atomic E-state index is 13.3. The van der Waals surface area contributed by atoms with Crippen LogP contribution in [0.15, 0.2) is 48.5 Å². The molecule has 28 heavy (non-hydrogen) atoms. The van der Waals surface area contributed by atoms with Gasteiger partial charge in [0.15, 0.2) is 0 Å². The lowest BCUT2D eigenvalue weighted by atomic mass is 9.84. The van der Waals surface area contributed by atoms with E-state index in [-0.39, 0.29) is 24.7 Å². The fourth-order valence-corrected chi connectivity index (χ4v) is 3.54. The molecule has 2 aromatic rings. The number of benzene rings is 2. The summed E-state index contributed by atoms with van der Waals surface area (Å²) in [5.74, 6) is -1.25. The van der Waals surface area contributed by atoms with Crippen molar-refractivity contribution in [3.63, 3.8) is 0 Å². The third-order valence-electron chi connectivity index (χ3n) is 5.24. The highest BCUT2D eigenvalue weighted by Gasteiger charge is 2.43. The third kappa shape index (κ3) is 4.13. The molecule has 148 valence electrons. The molecule has 0 bridgehead atoms. The second-order valence-electron chi connectivity index (χ2n) is 7.01. The summed E-state index contributed by atoms with van der Waals surface area (Å²) in [6, 6.07) is 11.3. The van der Waals surface area contributed by atoms with Gasteiger partial charge in [0.1, 0.15) is 17.2 Å². The van der Waals surface area contributed by atoms with Crippen LogP contribution in [0.25, 0.3) is 0 Å². The number of amides is 2. The van der Waals surface area contributed by atoms with Crippen molar-refractivity contribution in [3.05, 3.63) is 71.3 Å². The summed E-state index contributed by atoms with van der Waals surface area (Å²) >= 11 is 0. The minimum absolute atomic E-state index is 0.0399. The zero-order valence-electron chi connectivity index (χ0n) is 15.5. The minimum Gasteiger partial charge on any atom is -0.438 e. The summed E-state index contributed by atoms with van der Waals surface area (Å²) in [7, 11) is 0. The molecule has 2 amide bonds. The number of hydrogen-bond donors (Lipinski definition) is 1. The van der Waals surface area contributed by atoms with Gasteiger partial charge in [-0.25, -0.2) is 13.6 Å². The number of rotatable bonds is 6. The van der Waals surface area contributed by atoms with Gasteiger partial charge in [-0.1, -0.05) is 24.3 Å². The highest BCUT2D eigenvalue weighted by atomic mass is 19.1. The van der Waals surface area contributed by atoms with Crippen molar-refractivity contribution in [2.45, 2.75) is 37.8 Å². The number of halogens is 2. The van der Waals surface area contributed by atoms with Crippen molar-refractivity contribution in [2.24, 2.45) is 5.73 Å². The van der Waals surface area contributed by atoms with Gasteiger partial charge in [0, 0.05) is 25.8 Å². The van der Waals surface area contributed by atoms with Gasteiger partial charge in [-0.3, -0.25) is 4.79 Å².